The number of nitrogens with one attached hydrogen (secondary N) is 1. The van der Waals surface area contributed by atoms with E-state index in [4.69, 9.17) is 9.79 Å². The van der Waals surface area contributed by atoms with Crippen LogP contribution in [-0.2, 0) is 10.2 Å². The SMILES string of the molecule is O=P(O)(O)C(F)(F)c1cc2nc(NC[C@@H]3CC3(F)F)ncc2cc1Br. The minimum absolute atomic E-state index is 0.00798. The van der Waals surface area contributed by atoms with Crippen LogP contribution in [0, 0.1) is 5.92 Å². The van der Waals surface area contributed by atoms with Crippen molar-refractivity contribution in [2.75, 3.05) is 11.9 Å². The molecule has 0 aliphatic heterocycles. The summed E-state index contributed by atoms with van der Waals surface area (Å²) in [5.74, 6) is -3.58. The summed E-state index contributed by atoms with van der Waals surface area (Å²) in [6.07, 6.45) is 1.05. The van der Waals surface area contributed by atoms with Crippen LogP contribution in [-0.4, -0.2) is 32.2 Å². The van der Waals surface area contributed by atoms with Crippen LogP contribution in [0.1, 0.15) is 12.0 Å². The molecular weight excluding hydrogens is 433 g/mol. The zero-order valence-electron chi connectivity index (χ0n) is 12.3. The molecule has 1 aromatic carbocycles. The third-order valence-electron chi connectivity index (χ3n) is 3.82. The first-order valence-electron chi connectivity index (χ1n) is 6.94. The van der Waals surface area contributed by atoms with Gasteiger partial charge in [-0.25, -0.2) is 18.7 Å². The topological polar surface area (TPSA) is 95.3 Å². The minimum Gasteiger partial charge on any atom is -0.354 e. The highest BCUT2D eigenvalue weighted by Gasteiger charge is 2.56. The minimum atomic E-state index is -5.75. The summed E-state index contributed by atoms with van der Waals surface area (Å²) in [4.78, 5) is 25.6. The zero-order chi connectivity index (χ0) is 18.6. The molecule has 25 heavy (non-hydrogen) atoms. The van der Waals surface area contributed by atoms with Gasteiger partial charge in [0.15, 0.2) is 0 Å². The molecule has 1 heterocycles. The van der Waals surface area contributed by atoms with Gasteiger partial charge in [-0.2, -0.15) is 8.78 Å². The fraction of sp³-hybridized carbons (Fsp3) is 0.385. The fourth-order valence-electron chi connectivity index (χ4n) is 2.23. The Kier molecular flexibility index (Phi) is 4.34. The molecule has 1 aliphatic rings. The van der Waals surface area contributed by atoms with Gasteiger partial charge in [0.05, 0.1) is 5.52 Å². The standard InChI is InChI=1S/C13H11BrF4N3O3P/c14-9-1-6-4-19-11(20-5-7-3-12(7,15)16)21-10(6)2-8(9)13(17,18)25(22,23)24/h1-2,4,7H,3,5H2,(H,19,20,21)(H2,22,23,24)/t7-/m0/s1. The first-order chi connectivity index (χ1) is 11.4. The quantitative estimate of drug-likeness (QED) is 0.481. The molecule has 6 nitrogen and oxygen atoms in total. The van der Waals surface area contributed by atoms with Gasteiger partial charge < -0.3 is 15.1 Å². The molecule has 0 amide bonds. The van der Waals surface area contributed by atoms with Crippen LogP contribution in [0.4, 0.5) is 23.5 Å². The number of rotatable bonds is 5. The van der Waals surface area contributed by atoms with E-state index in [1.807, 2.05) is 0 Å². The maximum absolute atomic E-state index is 14.0. The Morgan fingerprint density at radius 1 is 1.40 bits per heavy atom. The van der Waals surface area contributed by atoms with E-state index in [0.717, 1.165) is 6.07 Å². The van der Waals surface area contributed by atoms with E-state index in [-0.39, 0.29) is 28.9 Å². The predicted octanol–water partition coefficient (Wildman–Crippen LogP) is 3.69. The Morgan fingerprint density at radius 3 is 2.60 bits per heavy atom. The Bertz CT molecular complexity index is 892. The Morgan fingerprint density at radius 2 is 2.04 bits per heavy atom. The van der Waals surface area contributed by atoms with Crippen LogP contribution in [0.3, 0.4) is 0 Å². The van der Waals surface area contributed by atoms with Crippen molar-refractivity contribution < 1.29 is 31.9 Å². The van der Waals surface area contributed by atoms with Crippen molar-refractivity contribution in [3.8, 4) is 0 Å². The highest BCUT2D eigenvalue weighted by Crippen LogP contribution is 2.60. The van der Waals surface area contributed by atoms with Gasteiger partial charge >= 0.3 is 13.3 Å². The van der Waals surface area contributed by atoms with E-state index in [1.165, 1.54) is 12.3 Å². The number of alkyl halides is 4. The molecule has 0 unspecified atom stereocenters. The van der Waals surface area contributed by atoms with E-state index >= 15 is 0 Å². The third-order valence-corrected chi connectivity index (χ3v) is 5.45. The molecule has 1 atom stereocenters. The lowest BCUT2D eigenvalue weighted by Crippen LogP contribution is -2.15. The van der Waals surface area contributed by atoms with E-state index < -0.39 is 30.7 Å². The number of aromatic nitrogens is 2. The number of nitrogens with zero attached hydrogens (tertiary/aromatic N) is 2. The second-order valence-corrected chi connectivity index (χ2v) is 8.22. The predicted molar refractivity (Wildman–Crippen MR) is 84.7 cm³/mol. The highest BCUT2D eigenvalue weighted by molar-refractivity contribution is 9.10. The van der Waals surface area contributed by atoms with Gasteiger partial charge in [0.2, 0.25) is 5.95 Å². The van der Waals surface area contributed by atoms with Gasteiger partial charge in [0.1, 0.15) is 0 Å². The summed E-state index contributed by atoms with van der Waals surface area (Å²) in [6, 6.07) is 2.03. The average Bonchev–Trinajstić information content (AvgIpc) is 3.10. The summed E-state index contributed by atoms with van der Waals surface area (Å²) in [5.41, 5.74) is -5.34. The van der Waals surface area contributed by atoms with Crippen molar-refractivity contribution in [2.45, 2.75) is 18.0 Å². The van der Waals surface area contributed by atoms with Crippen LogP contribution < -0.4 is 5.32 Å². The molecular formula is C13H11BrF4N3O3P. The molecule has 0 bridgehead atoms. The molecule has 3 rings (SSSR count). The van der Waals surface area contributed by atoms with Gasteiger partial charge in [-0.3, -0.25) is 4.57 Å². The maximum atomic E-state index is 14.0. The van der Waals surface area contributed by atoms with E-state index in [1.54, 1.807) is 0 Å². The van der Waals surface area contributed by atoms with Crippen LogP contribution in [0.2, 0.25) is 0 Å². The largest absolute Gasteiger partial charge is 0.399 e. The Balaban J connectivity index is 1.93. The lowest BCUT2D eigenvalue weighted by atomic mass is 10.1. The van der Waals surface area contributed by atoms with Crippen LogP contribution in [0.25, 0.3) is 10.9 Å². The fourth-order valence-corrected chi connectivity index (χ4v) is 3.49. The van der Waals surface area contributed by atoms with Crippen molar-refractivity contribution in [3.05, 3.63) is 28.4 Å². The van der Waals surface area contributed by atoms with Crippen molar-refractivity contribution >= 4 is 40.4 Å². The first-order valence-corrected chi connectivity index (χ1v) is 9.34. The first kappa shape index (κ1) is 18.5. The van der Waals surface area contributed by atoms with Gasteiger partial charge in [-0.15, -0.1) is 0 Å². The van der Waals surface area contributed by atoms with Gasteiger partial charge in [-0.1, -0.05) is 15.9 Å². The van der Waals surface area contributed by atoms with Crippen molar-refractivity contribution in [3.63, 3.8) is 0 Å². The van der Waals surface area contributed by atoms with Gasteiger partial charge in [0.25, 0.3) is 5.92 Å². The number of halogens is 5. The third kappa shape index (κ3) is 3.51. The maximum Gasteiger partial charge on any atom is 0.399 e. The molecule has 12 heteroatoms. The second-order valence-electron chi connectivity index (χ2n) is 5.71. The Hall–Kier alpha value is -1.29. The normalized spacial score (nSPS) is 19.9. The van der Waals surface area contributed by atoms with E-state index in [2.05, 4.69) is 31.2 Å². The number of benzene rings is 1. The summed E-state index contributed by atoms with van der Waals surface area (Å²) in [6.45, 7) is -0.0689. The number of anilines is 1. The molecule has 0 spiro atoms. The van der Waals surface area contributed by atoms with Gasteiger partial charge in [0, 0.05) is 40.5 Å². The number of fused-ring (bicyclic) bond motifs is 1. The lowest BCUT2D eigenvalue weighted by molar-refractivity contribution is 0.0558. The zero-order valence-corrected chi connectivity index (χ0v) is 14.7. The molecule has 1 saturated carbocycles. The van der Waals surface area contributed by atoms with Gasteiger partial charge in [-0.05, 0) is 12.1 Å². The second kappa shape index (κ2) is 5.87. The lowest BCUT2D eigenvalue weighted by Gasteiger charge is -2.19. The average molecular weight is 444 g/mol. The number of hydrogen-bond acceptors (Lipinski definition) is 4. The molecule has 0 radical (unpaired) electrons. The molecule has 0 saturated heterocycles. The molecule has 1 aliphatic carbocycles. The molecule has 136 valence electrons. The number of hydrogen-bond donors (Lipinski definition) is 3. The van der Waals surface area contributed by atoms with E-state index in [0.29, 0.717) is 5.39 Å². The molecule has 3 N–H and O–H groups in total. The van der Waals surface area contributed by atoms with Crippen LogP contribution >= 0.6 is 23.5 Å². The smallest absolute Gasteiger partial charge is 0.354 e. The van der Waals surface area contributed by atoms with Crippen LogP contribution in [0.5, 0.6) is 0 Å². The monoisotopic (exact) mass is 443 g/mol. The van der Waals surface area contributed by atoms with Crippen LogP contribution in [0.15, 0.2) is 22.8 Å². The molecule has 1 aromatic heterocycles. The Labute approximate surface area is 147 Å². The summed E-state index contributed by atoms with van der Waals surface area (Å²) in [5, 5.41) is 2.94. The molecule has 2 aromatic rings. The summed E-state index contributed by atoms with van der Waals surface area (Å²) >= 11 is 2.86. The van der Waals surface area contributed by atoms with Crippen molar-refractivity contribution in [2.24, 2.45) is 5.92 Å². The summed E-state index contributed by atoms with van der Waals surface area (Å²) < 4.78 is 64.5. The van der Waals surface area contributed by atoms with Crippen molar-refractivity contribution in [1.29, 1.82) is 0 Å². The highest BCUT2D eigenvalue weighted by atomic mass is 79.9. The summed E-state index contributed by atoms with van der Waals surface area (Å²) in [7, 11) is -5.75. The van der Waals surface area contributed by atoms with Crippen molar-refractivity contribution in [1.82, 2.24) is 9.97 Å². The molecule has 1 fully saturated rings. The van der Waals surface area contributed by atoms with E-state index in [9.17, 15) is 22.1 Å².